The van der Waals surface area contributed by atoms with Gasteiger partial charge in [0.25, 0.3) is 5.91 Å². The van der Waals surface area contributed by atoms with Gasteiger partial charge in [0.1, 0.15) is 5.15 Å². The van der Waals surface area contributed by atoms with E-state index in [4.69, 9.17) is 17.3 Å². The highest BCUT2D eigenvalue weighted by Crippen LogP contribution is 2.22. The van der Waals surface area contributed by atoms with Gasteiger partial charge in [0, 0.05) is 11.6 Å². The Balaban J connectivity index is 2.90. The van der Waals surface area contributed by atoms with Crippen molar-refractivity contribution in [2.75, 3.05) is 0 Å². The molecule has 2 N–H and O–H groups in total. The van der Waals surface area contributed by atoms with Crippen molar-refractivity contribution in [3.63, 3.8) is 0 Å². The average molecular weight is 207 g/mol. The molecule has 4 heteroatoms. The minimum absolute atomic E-state index is 0.149. The predicted octanol–water partition coefficient (Wildman–Crippen LogP) is 1.99. The molecule has 0 bridgehead atoms. The number of pyridine rings is 1. The summed E-state index contributed by atoms with van der Waals surface area (Å²) in [6.07, 6.45) is 1.62. The fraction of sp³-hybridized carbons (Fsp3) is 0. The van der Waals surface area contributed by atoms with Gasteiger partial charge in [-0.3, -0.25) is 4.79 Å². The van der Waals surface area contributed by atoms with E-state index in [2.05, 4.69) is 4.98 Å². The number of carbonyl (C=O) groups is 1. The lowest BCUT2D eigenvalue weighted by atomic mass is 10.1. The van der Waals surface area contributed by atoms with Crippen molar-refractivity contribution in [3.8, 4) is 0 Å². The number of primary amides is 1. The van der Waals surface area contributed by atoms with Crippen LogP contribution >= 0.6 is 11.6 Å². The Labute approximate surface area is 85.5 Å². The second-order valence-corrected chi connectivity index (χ2v) is 3.23. The van der Waals surface area contributed by atoms with E-state index in [1.54, 1.807) is 12.3 Å². The number of fused-ring (bicyclic) bond motifs is 1. The van der Waals surface area contributed by atoms with Gasteiger partial charge in [-0.2, -0.15) is 0 Å². The van der Waals surface area contributed by atoms with E-state index in [1.165, 1.54) is 0 Å². The van der Waals surface area contributed by atoms with Gasteiger partial charge in [-0.05, 0) is 5.39 Å². The molecule has 0 fully saturated rings. The molecule has 2 rings (SSSR count). The van der Waals surface area contributed by atoms with Crippen molar-refractivity contribution in [2.24, 2.45) is 5.73 Å². The number of benzene rings is 1. The zero-order valence-corrected chi connectivity index (χ0v) is 7.95. The number of nitrogens with zero attached hydrogens (tertiary/aromatic N) is 1. The fourth-order valence-electron chi connectivity index (χ4n) is 1.37. The Kier molecular flexibility index (Phi) is 2.09. The Morgan fingerprint density at radius 1 is 1.36 bits per heavy atom. The maximum atomic E-state index is 11.1. The molecule has 0 spiro atoms. The van der Waals surface area contributed by atoms with Crippen LogP contribution < -0.4 is 5.73 Å². The largest absolute Gasteiger partial charge is 0.365 e. The minimum Gasteiger partial charge on any atom is -0.365 e. The van der Waals surface area contributed by atoms with E-state index < -0.39 is 5.91 Å². The first-order valence-corrected chi connectivity index (χ1v) is 4.41. The molecule has 0 saturated carbocycles. The number of carbonyl (C=O) groups excluding carboxylic acids is 1. The van der Waals surface area contributed by atoms with Crippen molar-refractivity contribution in [3.05, 3.63) is 41.2 Å². The van der Waals surface area contributed by atoms with Crippen molar-refractivity contribution in [1.29, 1.82) is 0 Å². The zero-order valence-electron chi connectivity index (χ0n) is 7.20. The summed E-state index contributed by atoms with van der Waals surface area (Å²) in [7, 11) is 0. The maximum absolute atomic E-state index is 11.1. The van der Waals surface area contributed by atoms with Crippen molar-refractivity contribution < 1.29 is 4.79 Å². The van der Waals surface area contributed by atoms with Crippen molar-refractivity contribution >= 4 is 28.3 Å². The van der Waals surface area contributed by atoms with Crippen LogP contribution in [-0.2, 0) is 0 Å². The van der Waals surface area contributed by atoms with E-state index >= 15 is 0 Å². The molecule has 0 unspecified atom stereocenters. The molecule has 14 heavy (non-hydrogen) atoms. The third kappa shape index (κ3) is 1.32. The molecule has 0 aliphatic rings. The van der Waals surface area contributed by atoms with Crippen LogP contribution in [0.1, 0.15) is 10.4 Å². The van der Waals surface area contributed by atoms with Gasteiger partial charge in [0.2, 0.25) is 0 Å². The quantitative estimate of drug-likeness (QED) is 0.726. The summed E-state index contributed by atoms with van der Waals surface area (Å²) in [5.74, 6) is -0.556. The lowest BCUT2D eigenvalue weighted by Crippen LogP contribution is -2.12. The van der Waals surface area contributed by atoms with Crippen LogP contribution in [0, 0.1) is 0 Å². The van der Waals surface area contributed by atoms with Gasteiger partial charge in [0.05, 0.1) is 5.56 Å². The van der Waals surface area contributed by atoms with Crippen LogP contribution in [0.4, 0.5) is 0 Å². The molecule has 0 atom stereocenters. The Morgan fingerprint density at radius 3 is 2.79 bits per heavy atom. The summed E-state index contributed by atoms with van der Waals surface area (Å²) in [5, 5.41) is 1.74. The molecule has 2 aromatic rings. The summed E-state index contributed by atoms with van der Waals surface area (Å²) >= 11 is 5.79. The number of aromatic nitrogens is 1. The molecule has 1 amide bonds. The molecular weight excluding hydrogens is 200 g/mol. The van der Waals surface area contributed by atoms with E-state index in [0.29, 0.717) is 0 Å². The molecule has 0 aliphatic heterocycles. The number of hydrogen-bond donors (Lipinski definition) is 1. The van der Waals surface area contributed by atoms with Gasteiger partial charge in [0.15, 0.2) is 0 Å². The van der Waals surface area contributed by atoms with E-state index in [1.807, 2.05) is 18.2 Å². The SMILES string of the molecule is NC(=O)c1c(Cl)ncc2ccccc12. The van der Waals surface area contributed by atoms with E-state index in [9.17, 15) is 4.79 Å². The summed E-state index contributed by atoms with van der Waals surface area (Å²) in [6.45, 7) is 0. The van der Waals surface area contributed by atoms with Gasteiger partial charge >= 0.3 is 0 Å². The zero-order chi connectivity index (χ0) is 10.1. The number of rotatable bonds is 1. The first kappa shape index (κ1) is 8.97. The second kappa shape index (κ2) is 3.27. The highest BCUT2D eigenvalue weighted by Gasteiger charge is 2.11. The molecule has 70 valence electrons. The van der Waals surface area contributed by atoms with Crippen LogP contribution in [0.15, 0.2) is 30.5 Å². The summed E-state index contributed by atoms with van der Waals surface area (Å²) in [5.41, 5.74) is 5.50. The Morgan fingerprint density at radius 2 is 2.07 bits per heavy atom. The van der Waals surface area contributed by atoms with Crippen LogP contribution in [-0.4, -0.2) is 10.9 Å². The lowest BCUT2D eigenvalue weighted by molar-refractivity contribution is 0.100. The highest BCUT2D eigenvalue weighted by molar-refractivity contribution is 6.34. The Hall–Kier alpha value is -1.61. The van der Waals surface area contributed by atoms with Gasteiger partial charge in [-0.25, -0.2) is 4.98 Å². The van der Waals surface area contributed by atoms with Crippen molar-refractivity contribution in [1.82, 2.24) is 4.98 Å². The second-order valence-electron chi connectivity index (χ2n) is 2.88. The van der Waals surface area contributed by atoms with Gasteiger partial charge < -0.3 is 5.73 Å². The molecule has 0 aliphatic carbocycles. The average Bonchev–Trinajstić information content (AvgIpc) is 2.17. The first-order valence-electron chi connectivity index (χ1n) is 4.03. The number of amides is 1. The molecule has 0 saturated heterocycles. The number of hydrogen-bond acceptors (Lipinski definition) is 2. The lowest BCUT2D eigenvalue weighted by Gasteiger charge is -2.03. The Bertz CT molecular complexity index is 510. The highest BCUT2D eigenvalue weighted by atomic mass is 35.5. The minimum atomic E-state index is -0.556. The van der Waals surface area contributed by atoms with Gasteiger partial charge in [-0.1, -0.05) is 35.9 Å². The van der Waals surface area contributed by atoms with E-state index in [-0.39, 0.29) is 10.7 Å². The third-order valence-corrected chi connectivity index (χ3v) is 2.29. The summed E-state index contributed by atoms with van der Waals surface area (Å²) < 4.78 is 0. The van der Waals surface area contributed by atoms with Crippen LogP contribution in [0.3, 0.4) is 0 Å². The maximum Gasteiger partial charge on any atom is 0.252 e. The number of nitrogens with two attached hydrogens (primary N) is 1. The third-order valence-electron chi connectivity index (χ3n) is 2.00. The van der Waals surface area contributed by atoms with Crippen LogP contribution in [0.25, 0.3) is 10.8 Å². The normalized spacial score (nSPS) is 10.4. The molecule has 1 aromatic carbocycles. The summed E-state index contributed by atoms with van der Waals surface area (Å²) in [4.78, 5) is 15.0. The van der Waals surface area contributed by atoms with Crippen LogP contribution in [0.2, 0.25) is 5.15 Å². The number of halogens is 1. The fourth-order valence-corrected chi connectivity index (χ4v) is 1.62. The van der Waals surface area contributed by atoms with E-state index in [0.717, 1.165) is 10.8 Å². The topological polar surface area (TPSA) is 56.0 Å². The molecule has 1 heterocycles. The molecule has 0 radical (unpaired) electrons. The summed E-state index contributed by atoms with van der Waals surface area (Å²) in [6, 6.07) is 7.34. The molecule has 3 nitrogen and oxygen atoms in total. The van der Waals surface area contributed by atoms with Crippen molar-refractivity contribution in [2.45, 2.75) is 0 Å². The predicted molar refractivity (Wildman–Crippen MR) is 55.3 cm³/mol. The molecule has 1 aromatic heterocycles. The van der Waals surface area contributed by atoms with Crippen LogP contribution in [0.5, 0.6) is 0 Å². The monoisotopic (exact) mass is 206 g/mol. The standard InChI is InChI=1S/C10H7ClN2O/c11-9-8(10(12)14)7-4-2-1-3-6(7)5-13-9/h1-5H,(H2,12,14). The molecular formula is C10H7ClN2O. The smallest absolute Gasteiger partial charge is 0.252 e. The van der Waals surface area contributed by atoms with Gasteiger partial charge in [-0.15, -0.1) is 0 Å². The first-order chi connectivity index (χ1) is 6.70.